The zero-order valence-corrected chi connectivity index (χ0v) is 14.6. The molecule has 1 aromatic carbocycles. The van der Waals surface area contributed by atoms with Crippen molar-refractivity contribution in [3.05, 3.63) is 59.3 Å². The summed E-state index contributed by atoms with van der Waals surface area (Å²) in [5.74, 6) is -0.132. The summed E-state index contributed by atoms with van der Waals surface area (Å²) in [5, 5.41) is 5.34. The van der Waals surface area contributed by atoms with Gasteiger partial charge in [0.05, 0.1) is 12.0 Å². The lowest BCUT2D eigenvalue weighted by atomic mass is 10.3. The second-order valence-electron chi connectivity index (χ2n) is 5.10. The van der Waals surface area contributed by atoms with E-state index in [1.54, 1.807) is 18.0 Å². The predicted octanol–water partition coefficient (Wildman–Crippen LogP) is 4.94. The van der Waals surface area contributed by atoms with E-state index in [-0.39, 0.29) is 18.0 Å². The molecule has 0 bridgehead atoms. The van der Waals surface area contributed by atoms with Crippen LogP contribution in [-0.4, -0.2) is 16.6 Å². The van der Waals surface area contributed by atoms with E-state index in [1.807, 2.05) is 17.5 Å². The SMILES string of the molecule is O=C(CCSCc1csc(-c2ccco2)n1)Nc1ccc(F)c(F)c1. The largest absolute Gasteiger partial charge is 0.462 e. The van der Waals surface area contributed by atoms with Crippen LogP contribution < -0.4 is 5.32 Å². The highest BCUT2D eigenvalue weighted by atomic mass is 32.2. The van der Waals surface area contributed by atoms with Gasteiger partial charge in [0.15, 0.2) is 22.4 Å². The molecule has 4 nitrogen and oxygen atoms in total. The third-order valence-electron chi connectivity index (χ3n) is 3.21. The molecule has 0 spiro atoms. The van der Waals surface area contributed by atoms with Crippen LogP contribution in [0, 0.1) is 11.6 Å². The molecule has 0 radical (unpaired) electrons. The monoisotopic (exact) mass is 380 g/mol. The number of hydrogen-bond donors (Lipinski definition) is 1. The van der Waals surface area contributed by atoms with Gasteiger partial charge in [-0.2, -0.15) is 11.8 Å². The number of hydrogen-bond acceptors (Lipinski definition) is 5. The van der Waals surface area contributed by atoms with Crippen molar-refractivity contribution in [3.8, 4) is 10.8 Å². The summed E-state index contributed by atoms with van der Waals surface area (Å²) >= 11 is 3.09. The van der Waals surface area contributed by atoms with E-state index in [4.69, 9.17) is 4.42 Å². The fraction of sp³-hybridized carbons (Fsp3) is 0.176. The van der Waals surface area contributed by atoms with Gasteiger partial charge >= 0.3 is 0 Å². The molecule has 0 saturated heterocycles. The van der Waals surface area contributed by atoms with Crippen LogP contribution >= 0.6 is 23.1 Å². The first kappa shape index (κ1) is 17.6. The van der Waals surface area contributed by atoms with Crippen LogP contribution in [0.5, 0.6) is 0 Å². The number of benzene rings is 1. The van der Waals surface area contributed by atoms with Crippen LogP contribution in [0.1, 0.15) is 12.1 Å². The Bertz CT molecular complexity index is 850. The summed E-state index contributed by atoms with van der Waals surface area (Å²) in [6.07, 6.45) is 1.88. The van der Waals surface area contributed by atoms with Crippen molar-refractivity contribution in [1.82, 2.24) is 4.98 Å². The number of thioether (sulfide) groups is 1. The maximum Gasteiger partial charge on any atom is 0.225 e. The highest BCUT2D eigenvalue weighted by molar-refractivity contribution is 7.98. The van der Waals surface area contributed by atoms with E-state index in [1.165, 1.54) is 17.4 Å². The van der Waals surface area contributed by atoms with Gasteiger partial charge in [-0.1, -0.05) is 0 Å². The van der Waals surface area contributed by atoms with E-state index >= 15 is 0 Å². The van der Waals surface area contributed by atoms with Gasteiger partial charge in [-0.25, -0.2) is 13.8 Å². The van der Waals surface area contributed by atoms with Gasteiger partial charge in [-0.05, 0) is 24.3 Å². The van der Waals surface area contributed by atoms with Crippen molar-refractivity contribution in [2.75, 3.05) is 11.1 Å². The molecule has 2 heterocycles. The summed E-state index contributed by atoms with van der Waals surface area (Å²) in [5.41, 5.74) is 1.18. The quantitative estimate of drug-likeness (QED) is 0.590. The molecule has 0 unspecified atom stereocenters. The molecule has 0 atom stereocenters. The molecule has 2 aromatic heterocycles. The highest BCUT2D eigenvalue weighted by Crippen LogP contribution is 2.25. The van der Waals surface area contributed by atoms with Crippen molar-refractivity contribution in [2.24, 2.45) is 0 Å². The van der Waals surface area contributed by atoms with E-state index in [0.717, 1.165) is 28.6 Å². The van der Waals surface area contributed by atoms with Crippen LogP contribution in [0.25, 0.3) is 10.8 Å². The Balaban J connectivity index is 1.41. The third-order valence-corrected chi connectivity index (χ3v) is 5.11. The number of carbonyl (C=O) groups is 1. The highest BCUT2D eigenvalue weighted by Gasteiger charge is 2.09. The maximum atomic E-state index is 13.1. The van der Waals surface area contributed by atoms with E-state index < -0.39 is 11.6 Å². The van der Waals surface area contributed by atoms with Crippen molar-refractivity contribution in [2.45, 2.75) is 12.2 Å². The van der Waals surface area contributed by atoms with Crippen molar-refractivity contribution in [1.29, 1.82) is 0 Å². The summed E-state index contributed by atoms with van der Waals surface area (Å²) < 4.78 is 31.2. The Hall–Kier alpha value is -2.19. The first-order chi connectivity index (χ1) is 12.1. The van der Waals surface area contributed by atoms with E-state index in [0.29, 0.717) is 11.5 Å². The number of furan rings is 1. The lowest BCUT2D eigenvalue weighted by molar-refractivity contribution is -0.115. The standard InChI is InChI=1S/C17H14F2N2O2S2/c18-13-4-3-11(8-14(13)19)20-16(22)5-7-24-9-12-10-25-17(21-12)15-2-1-6-23-15/h1-4,6,8,10H,5,7,9H2,(H,20,22). The molecule has 0 saturated carbocycles. The van der Waals surface area contributed by atoms with Gasteiger partial charge in [0, 0.05) is 35.1 Å². The lowest BCUT2D eigenvalue weighted by Gasteiger charge is -2.05. The van der Waals surface area contributed by atoms with Crippen LogP contribution in [0.4, 0.5) is 14.5 Å². The first-order valence-electron chi connectivity index (χ1n) is 7.43. The second kappa shape index (κ2) is 8.26. The Morgan fingerprint density at radius 1 is 1.28 bits per heavy atom. The molecule has 1 amide bonds. The number of amides is 1. The van der Waals surface area contributed by atoms with Gasteiger partial charge in [0.1, 0.15) is 0 Å². The normalized spacial score (nSPS) is 10.8. The average molecular weight is 380 g/mol. The third kappa shape index (κ3) is 4.90. The molecule has 0 fully saturated rings. The summed E-state index contributed by atoms with van der Waals surface area (Å²) in [7, 11) is 0. The van der Waals surface area contributed by atoms with Crippen LogP contribution in [0.2, 0.25) is 0 Å². The molecule has 0 aliphatic heterocycles. The van der Waals surface area contributed by atoms with Crippen LogP contribution in [-0.2, 0) is 10.5 Å². The molecule has 0 aliphatic rings. The Kier molecular flexibility index (Phi) is 5.83. The Morgan fingerprint density at radius 2 is 2.16 bits per heavy atom. The molecule has 25 heavy (non-hydrogen) atoms. The number of halogens is 2. The van der Waals surface area contributed by atoms with Crippen molar-refractivity contribution >= 4 is 34.7 Å². The maximum absolute atomic E-state index is 13.1. The summed E-state index contributed by atoms with van der Waals surface area (Å²) in [4.78, 5) is 16.3. The molecular weight excluding hydrogens is 366 g/mol. The topological polar surface area (TPSA) is 55.1 Å². The minimum atomic E-state index is -0.983. The predicted molar refractivity (Wildman–Crippen MR) is 95.6 cm³/mol. The minimum absolute atomic E-state index is 0.243. The number of aromatic nitrogens is 1. The van der Waals surface area contributed by atoms with Gasteiger partial charge in [-0.3, -0.25) is 4.79 Å². The first-order valence-corrected chi connectivity index (χ1v) is 9.46. The van der Waals surface area contributed by atoms with E-state index in [9.17, 15) is 13.6 Å². The second-order valence-corrected chi connectivity index (χ2v) is 7.06. The number of rotatable bonds is 7. The smallest absolute Gasteiger partial charge is 0.225 e. The molecule has 3 rings (SSSR count). The molecule has 130 valence electrons. The number of anilines is 1. The zero-order chi connectivity index (χ0) is 17.6. The molecule has 0 aliphatic carbocycles. The lowest BCUT2D eigenvalue weighted by Crippen LogP contribution is -2.12. The number of nitrogens with zero attached hydrogens (tertiary/aromatic N) is 1. The fourth-order valence-electron chi connectivity index (χ4n) is 2.03. The molecular formula is C17H14F2N2O2S2. The number of carbonyl (C=O) groups excluding carboxylic acids is 1. The molecule has 1 N–H and O–H groups in total. The summed E-state index contributed by atoms with van der Waals surface area (Å²) in [6.45, 7) is 0. The summed E-state index contributed by atoms with van der Waals surface area (Å²) in [6, 6.07) is 6.95. The van der Waals surface area contributed by atoms with E-state index in [2.05, 4.69) is 10.3 Å². The van der Waals surface area contributed by atoms with Crippen LogP contribution in [0.3, 0.4) is 0 Å². The van der Waals surface area contributed by atoms with Gasteiger partial charge in [0.2, 0.25) is 5.91 Å². The van der Waals surface area contributed by atoms with Crippen LogP contribution in [0.15, 0.2) is 46.4 Å². The van der Waals surface area contributed by atoms with Gasteiger partial charge in [-0.15, -0.1) is 11.3 Å². The Labute approximate surface area is 151 Å². The molecule has 8 heteroatoms. The van der Waals surface area contributed by atoms with Crippen molar-refractivity contribution < 1.29 is 18.0 Å². The van der Waals surface area contributed by atoms with Gasteiger partial charge < -0.3 is 9.73 Å². The number of nitrogens with one attached hydrogen (secondary N) is 1. The van der Waals surface area contributed by atoms with Gasteiger partial charge in [0.25, 0.3) is 0 Å². The zero-order valence-electron chi connectivity index (χ0n) is 13.0. The Morgan fingerprint density at radius 3 is 2.92 bits per heavy atom. The number of thiazole rings is 1. The van der Waals surface area contributed by atoms with Crippen molar-refractivity contribution in [3.63, 3.8) is 0 Å². The minimum Gasteiger partial charge on any atom is -0.462 e. The fourth-order valence-corrected chi connectivity index (χ4v) is 3.75. The average Bonchev–Trinajstić information content (AvgIpc) is 3.26. The molecule has 3 aromatic rings.